The van der Waals surface area contributed by atoms with Gasteiger partial charge in [-0.25, -0.2) is 0 Å². The Labute approximate surface area is 125 Å². The summed E-state index contributed by atoms with van der Waals surface area (Å²) in [4.78, 5) is 12.1. The summed E-state index contributed by atoms with van der Waals surface area (Å²) in [5.74, 6) is -0.468. The highest BCUT2D eigenvalue weighted by molar-refractivity contribution is 6.34. The first-order valence-electron chi connectivity index (χ1n) is 5.52. The molecule has 0 unspecified atom stereocenters. The van der Waals surface area contributed by atoms with Crippen molar-refractivity contribution in [2.24, 2.45) is 0 Å². The molecule has 100 valence electrons. The molecule has 0 atom stereocenters. The Hall–Kier alpha value is -2.16. The third kappa shape index (κ3) is 3.05. The average Bonchev–Trinajstić information content (AvgIpc) is 2.43. The molecule has 1 heterocycles. The minimum Gasteiger partial charge on any atom is -0.322 e. The number of rotatable bonds is 2. The first-order chi connectivity index (χ1) is 9.51. The lowest BCUT2D eigenvalue weighted by molar-refractivity contribution is 0.102. The van der Waals surface area contributed by atoms with E-state index < -0.39 is 5.91 Å². The van der Waals surface area contributed by atoms with Crippen molar-refractivity contribution in [1.29, 1.82) is 5.26 Å². The summed E-state index contributed by atoms with van der Waals surface area (Å²) in [6, 6.07) is 8.33. The second kappa shape index (κ2) is 5.87. The maximum Gasteiger partial charge on any atom is 0.258 e. The van der Waals surface area contributed by atoms with Gasteiger partial charge in [-0.3, -0.25) is 4.79 Å². The zero-order valence-corrected chi connectivity index (χ0v) is 11.8. The first kappa shape index (κ1) is 14.3. The number of carbonyl (C=O) groups excluding carboxylic acids is 1. The van der Waals surface area contributed by atoms with Crippen molar-refractivity contribution in [3.05, 3.63) is 51.3 Å². The highest BCUT2D eigenvalue weighted by atomic mass is 35.5. The van der Waals surface area contributed by atoms with Gasteiger partial charge in [-0.15, -0.1) is 10.2 Å². The van der Waals surface area contributed by atoms with Crippen LogP contribution in [0.3, 0.4) is 0 Å². The molecular weight excluding hydrogens is 299 g/mol. The summed E-state index contributed by atoms with van der Waals surface area (Å²) >= 11 is 11.5. The SMILES string of the molecule is Cc1ccc(C#N)cc1NC(=O)c1cc(Cl)nnc1Cl. The maximum absolute atomic E-state index is 12.1. The van der Waals surface area contributed by atoms with Crippen LogP contribution in [0.1, 0.15) is 21.5 Å². The quantitative estimate of drug-likeness (QED) is 0.924. The smallest absolute Gasteiger partial charge is 0.258 e. The second-order valence-electron chi connectivity index (χ2n) is 3.97. The van der Waals surface area contributed by atoms with E-state index in [1.807, 2.05) is 13.0 Å². The number of hydrogen-bond donors (Lipinski definition) is 1. The van der Waals surface area contributed by atoms with Crippen LogP contribution in [0.2, 0.25) is 10.3 Å². The van der Waals surface area contributed by atoms with Crippen LogP contribution in [-0.4, -0.2) is 16.1 Å². The molecule has 0 aliphatic heterocycles. The van der Waals surface area contributed by atoms with E-state index >= 15 is 0 Å². The van der Waals surface area contributed by atoms with Crippen LogP contribution < -0.4 is 5.32 Å². The second-order valence-corrected chi connectivity index (χ2v) is 4.71. The molecule has 0 radical (unpaired) electrons. The highest BCUT2D eigenvalue weighted by Crippen LogP contribution is 2.20. The first-order valence-corrected chi connectivity index (χ1v) is 6.27. The van der Waals surface area contributed by atoms with E-state index in [0.717, 1.165) is 5.56 Å². The Balaban J connectivity index is 2.33. The zero-order chi connectivity index (χ0) is 14.7. The number of halogens is 2. The predicted molar refractivity (Wildman–Crippen MR) is 75.9 cm³/mol. The molecule has 0 saturated carbocycles. The van der Waals surface area contributed by atoms with Gasteiger partial charge in [0.05, 0.1) is 17.2 Å². The van der Waals surface area contributed by atoms with Gasteiger partial charge in [0.1, 0.15) is 0 Å². The van der Waals surface area contributed by atoms with Crippen LogP contribution in [0.5, 0.6) is 0 Å². The average molecular weight is 307 g/mol. The lowest BCUT2D eigenvalue weighted by Gasteiger charge is -2.09. The van der Waals surface area contributed by atoms with Crippen molar-refractivity contribution in [2.75, 3.05) is 5.32 Å². The van der Waals surface area contributed by atoms with E-state index in [-0.39, 0.29) is 15.9 Å². The van der Waals surface area contributed by atoms with Crippen molar-refractivity contribution in [1.82, 2.24) is 10.2 Å². The van der Waals surface area contributed by atoms with E-state index in [1.165, 1.54) is 6.07 Å². The summed E-state index contributed by atoms with van der Waals surface area (Å²) in [5.41, 5.74) is 1.91. The third-order valence-corrected chi connectivity index (χ3v) is 3.04. The molecule has 0 aliphatic rings. The Morgan fingerprint density at radius 1 is 1.30 bits per heavy atom. The normalized spacial score (nSPS) is 9.90. The van der Waals surface area contributed by atoms with Crippen LogP contribution in [0.4, 0.5) is 5.69 Å². The number of carbonyl (C=O) groups is 1. The maximum atomic E-state index is 12.1. The minimum atomic E-state index is -0.468. The van der Waals surface area contributed by atoms with Crippen molar-refractivity contribution >= 4 is 34.8 Å². The Bertz CT molecular complexity index is 725. The number of amides is 1. The van der Waals surface area contributed by atoms with Crippen LogP contribution in [0.15, 0.2) is 24.3 Å². The number of aryl methyl sites for hydroxylation is 1. The molecule has 0 fully saturated rings. The van der Waals surface area contributed by atoms with Crippen molar-refractivity contribution in [3.8, 4) is 6.07 Å². The van der Waals surface area contributed by atoms with Crippen LogP contribution in [-0.2, 0) is 0 Å². The van der Waals surface area contributed by atoms with Gasteiger partial charge in [0.15, 0.2) is 10.3 Å². The molecule has 1 aromatic carbocycles. The van der Waals surface area contributed by atoms with Gasteiger partial charge < -0.3 is 5.32 Å². The van der Waals surface area contributed by atoms with E-state index in [1.54, 1.807) is 18.2 Å². The van der Waals surface area contributed by atoms with Crippen molar-refractivity contribution in [3.63, 3.8) is 0 Å². The molecule has 2 rings (SSSR count). The van der Waals surface area contributed by atoms with Gasteiger partial charge in [-0.05, 0) is 30.7 Å². The number of hydrogen-bond acceptors (Lipinski definition) is 4. The van der Waals surface area contributed by atoms with E-state index in [9.17, 15) is 4.79 Å². The molecule has 0 saturated heterocycles. The number of nitrogens with one attached hydrogen (secondary N) is 1. The topological polar surface area (TPSA) is 78.7 Å². The molecule has 0 spiro atoms. The lowest BCUT2D eigenvalue weighted by Crippen LogP contribution is -2.14. The molecule has 0 bridgehead atoms. The summed E-state index contributed by atoms with van der Waals surface area (Å²) < 4.78 is 0. The largest absolute Gasteiger partial charge is 0.322 e. The lowest BCUT2D eigenvalue weighted by atomic mass is 10.1. The fourth-order valence-corrected chi connectivity index (χ4v) is 1.85. The molecule has 1 aromatic heterocycles. The van der Waals surface area contributed by atoms with Crippen LogP contribution in [0.25, 0.3) is 0 Å². The monoisotopic (exact) mass is 306 g/mol. The minimum absolute atomic E-state index is 0.0407. The van der Waals surface area contributed by atoms with E-state index in [4.69, 9.17) is 28.5 Å². The summed E-state index contributed by atoms with van der Waals surface area (Å²) in [6.07, 6.45) is 0. The predicted octanol–water partition coefficient (Wildman–Crippen LogP) is 3.22. The summed E-state index contributed by atoms with van der Waals surface area (Å²) in [6.45, 7) is 1.82. The fraction of sp³-hybridized carbons (Fsp3) is 0.0769. The van der Waals surface area contributed by atoms with Gasteiger partial charge in [-0.1, -0.05) is 29.3 Å². The van der Waals surface area contributed by atoms with Gasteiger partial charge in [-0.2, -0.15) is 5.26 Å². The van der Waals surface area contributed by atoms with E-state index in [2.05, 4.69) is 15.5 Å². The summed E-state index contributed by atoms with van der Waals surface area (Å²) in [7, 11) is 0. The van der Waals surface area contributed by atoms with Crippen LogP contribution in [0, 0.1) is 18.3 Å². The van der Waals surface area contributed by atoms with Crippen molar-refractivity contribution < 1.29 is 4.79 Å². The van der Waals surface area contributed by atoms with Gasteiger partial charge in [0.2, 0.25) is 0 Å². The molecule has 2 aromatic rings. The third-order valence-electron chi connectivity index (χ3n) is 2.58. The fourth-order valence-electron chi connectivity index (χ4n) is 1.53. The van der Waals surface area contributed by atoms with Crippen molar-refractivity contribution in [2.45, 2.75) is 6.92 Å². The molecular formula is C13H8Cl2N4O. The number of anilines is 1. The highest BCUT2D eigenvalue weighted by Gasteiger charge is 2.14. The van der Waals surface area contributed by atoms with Gasteiger partial charge in [0, 0.05) is 5.69 Å². The van der Waals surface area contributed by atoms with E-state index in [0.29, 0.717) is 11.3 Å². The number of nitriles is 1. The number of benzene rings is 1. The molecule has 20 heavy (non-hydrogen) atoms. The van der Waals surface area contributed by atoms with Crippen LogP contribution >= 0.6 is 23.2 Å². The summed E-state index contributed by atoms with van der Waals surface area (Å²) in [5, 5.41) is 18.7. The Morgan fingerprint density at radius 3 is 2.75 bits per heavy atom. The number of aromatic nitrogens is 2. The molecule has 0 aliphatic carbocycles. The zero-order valence-electron chi connectivity index (χ0n) is 10.3. The molecule has 1 amide bonds. The Kier molecular flexibility index (Phi) is 4.18. The van der Waals surface area contributed by atoms with Gasteiger partial charge in [0.25, 0.3) is 5.91 Å². The standard InChI is InChI=1S/C13H8Cl2N4O/c1-7-2-3-8(6-16)4-10(7)17-13(20)9-5-11(14)18-19-12(9)15/h2-5H,1H3,(H,17,20). The van der Waals surface area contributed by atoms with Gasteiger partial charge >= 0.3 is 0 Å². The Morgan fingerprint density at radius 2 is 2.05 bits per heavy atom. The molecule has 5 nitrogen and oxygen atoms in total. The molecule has 7 heteroatoms. The number of nitrogens with zero attached hydrogens (tertiary/aromatic N) is 3. The molecule has 1 N–H and O–H groups in total.